The maximum atomic E-state index is 14.0. The number of benzene rings is 1. The topological polar surface area (TPSA) is 125 Å². The number of aromatic nitrogens is 4. The maximum Gasteiger partial charge on any atom is 0.251 e. The zero-order valence-electron chi connectivity index (χ0n) is 21.5. The second-order valence-electron chi connectivity index (χ2n) is 9.80. The fourth-order valence-corrected chi connectivity index (χ4v) is 4.85. The van der Waals surface area contributed by atoms with Crippen LogP contribution in [-0.2, 0) is 16.1 Å². The third-order valence-corrected chi connectivity index (χ3v) is 6.51. The molecule has 1 atom stereocenters. The van der Waals surface area contributed by atoms with E-state index in [-0.39, 0.29) is 18.3 Å². The summed E-state index contributed by atoms with van der Waals surface area (Å²) in [6.45, 7) is 8.07. The summed E-state index contributed by atoms with van der Waals surface area (Å²) in [4.78, 5) is 31.0. The molecule has 12 heteroatoms. The van der Waals surface area contributed by atoms with Crippen LogP contribution in [0, 0.1) is 6.92 Å². The van der Waals surface area contributed by atoms with Crippen LogP contribution in [0.15, 0.2) is 52.3 Å². The number of rotatable bonds is 7. The molecule has 198 valence electrons. The van der Waals surface area contributed by atoms with Gasteiger partial charge in [0.05, 0.1) is 0 Å². The van der Waals surface area contributed by atoms with Crippen LogP contribution >= 0.6 is 11.3 Å². The van der Waals surface area contributed by atoms with Gasteiger partial charge in [-0.3, -0.25) is 14.5 Å². The van der Waals surface area contributed by atoms with Crippen LogP contribution in [0.3, 0.4) is 0 Å². The van der Waals surface area contributed by atoms with E-state index in [1.165, 1.54) is 21.0 Å². The fraction of sp³-hybridized carbons (Fsp3) is 0.346. The molecule has 5 rings (SSSR count). The van der Waals surface area contributed by atoms with Crippen LogP contribution in [-0.4, -0.2) is 50.8 Å². The Hall–Kier alpha value is -4.19. The molecule has 0 bridgehead atoms. The summed E-state index contributed by atoms with van der Waals surface area (Å²) >= 11 is 1.39. The Morgan fingerprint density at radius 3 is 2.61 bits per heavy atom. The summed E-state index contributed by atoms with van der Waals surface area (Å²) in [5.41, 5.74) is -0.0406. The minimum Gasteiger partial charge on any atom is -0.486 e. The standard InChI is InChI=1S/C26H28N6O5S/c1-16-7-9-19(37-16)24-28-30-31(29-24)15-22(33)32(17-8-10-18-20(14-17)36-12-11-35-18)23(21-6-5-13-38-21)25(34)27-26(2,3)4/h5-10,13-14,23H,11-12,15H2,1-4H3,(H,27,34). The highest BCUT2D eigenvalue weighted by atomic mass is 32.1. The molecule has 0 saturated heterocycles. The van der Waals surface area contributed by atoms with E-state index in [1.807, 2.05) is 45.2 Å². The molecule has 0 saturated carbocycles. The van der Waals surface area contributed by atoms with E-state index in [2.05, 4.69) is 20.7 Å². The number of amides is 2. The Bertz CT molecular complexity index is 1440. The summed E-state index contributed by atoms with van der Waals surface area (Å²) in [7, 11) is 0. The normalized spacial score (nSPS) is 13.7. The number of fused-ring (bicyclic) bond motifs is 1. The Morgan fingerprint density at radius 2 is 1.92 bits per heavy atom. The lowest BCUT2D eigenvalue weighted by molar-refractivity contribution is -0.128. The number of tetrazole rings is 1. The van der Waals surface area contributed by atoms with Gasteiger partial charge < -0.3 is 19.2 Å². The molecule has 3 aromatic heterocycles. The molecule has 0 aliphatic carbocycles. The van der Waals surface area contributed by atoms with E-state index in [9.17, 15) is 9.59 Å². The Balaban J connectivity index is 1.53. The van der Waals surface area contributed by atoms with Gasteiger partial charge in [0.15, 0.2) is 17.3 Å². The third kappa shape index (κ3) is 5.54. The van der Waals surface area contributed by atoms with Crippen molar-refractivity contribution in [2.45, 2.75) is 45.8 Å². The Labute approximate surface area is 223 Å². The molecule has 1 N–H and O–H groups in total. The molecule has 4 heterocycles. The van der Waals surface area contributed by atoms with Gasteiger partial charge >= 0.3 is 0 Å². The summed E-state index contributed by atoms with van der Waals surface area (Å²) in [5, 5.41) is 17.3. The molecule has 1 aromatic carbocycles. The number of nitrogens with one attached hydrogen (secondary N) is 1. The number of thiophene rings is 1. The van der Waals surface area contributed by atoms with Crippen molar-refractivity contribution in [3.8, 4) is 23.1 Å². The second-order valence-corrected chi connectivity index (χ2v) is 10.8. The number of carbonyl (C=O) groups is 2. The number of anilines is 1. The smallest absolute Gasteiger partial charge is 0.251 e. The van der Waals surface area contributed by atoms with Crippen LogP contribution in [0.25, 0.3) is 11.6 Å². The number of hydrogen-bond donors (Lipinski definition) is 1. The third-order valence-electron chi connectivity index (χ3n) is 5.58. The molecule has 0 fully saturated rings. The first-order valence-electron chi connectivity index (χ1n) is 12.1. The van der Waals surface area contributed by atoms with Gasteiger partial charge in [0, 0.05) is 22.2 Å². The number of hydrogen-bond acceptors (Lipinski definition) is 9. The van der Waals surface area contributed by atoms with Crippen molar-refractivity contribution < 1.29 is 23.5 Å². The van der Waals surface area contributed by atoms with E-state index < -0.39 is 17.5 Å². The minimum atomic E-state index is -0.944. The van der Waals surface area contributed by atoms with Gasteiger partial charge in [-0.05, 0) is 68.6 Å². The molecule has 38 heavy (non-hydrogen) atoms. The average Bonchev–Trinajstić information content (AvgIpc) is 3.63. The predicted molar refractivity (Wildman–Crippen MR) is 140 cm³/mol. The van der Waals surface area contributed by atoms with E-state index in [1.54, 1.807) is 30.3 Å². The van der Waals surface area contributed by atoms with Gasteiger partial charge in [-0.15, -0.1) is 21.5 Å². The molecule has 0 spiro atoms. The quantitative estimate of drug-likeness (QED) is 0.379. The van der Waals surface area contributed by atoms with E-state index >= 15 is 0 Å². The number of aryl methyl sites for hydroxylation is 1. The van der Waals surface area contributed by atoms with Crippen molar-refractivity contribution in [1.29, 1.82) is 0 Å². The van der Waals surface area contributed by atoms with E-state index in [0.29, 0.717) is 46.8 Å². The van der Waals surface area contributed by atoms with Crippen LogP contribution in [0.2, 0.25) is 0 Å². The first kappa shape index (κ1) is 25.5. The predicted octanol–water partition coefficient (Wildman–Crippen LogP) is 3.76. The molecule has 11 nitrogen and oxygen atoms in total. The van der Waals surface area contributed by atoms with Gasteiger partial charge in [0.25, 0.3) is 5.91 Å². The number of ether oxygens (including phenoxy) is 2. The van der Waals surface area contributed by atoms with Crippen molar-refractivity contribution in [2.75, 3.05) is 18.1 Å². The van der Waals surface area contributed by atoms with Gasteiger partial charge in [-0.2, -0.15) is 4.80 Å². The van der Waals surface area contributed by atoms with Gasteiger partial charge in [-0.1, -0.05) is 6.07 Å². The molecular formula is C26H28N6O5S. The zero-order valence-corrected chi connectivity index (χ0v) is 22.3. The van der Waals surface area contributed by atoms with Crippen molar-refractivity contribution in [3.05, 3.63) is 58.5 Å². The first-order chi connectivity index (χ1) is 18.2. The van der Waals surface area contributed by atoms with Gasteiger partial charge in [0.2, 0.25) is 11.7 Å². The number of nitrogens with zero attached hydrogens (tertiary/aromatic N) is 5. The fourth-order valence-electron chi connectivity index (χ4n) is 4.04. The highest BCUT2D eigenvalue weighted by molar-refractivity contribution is 7.10. The largest absolute Gasteiger partial charge is 0.486 e. The number of carbonyl (C=O) groups excluding carboxylic acids is 2. The Kier molecular flexibility index (Phi) is 6.89. The summed E-state index contributed by atoms with van der Waals surface area (Å²) in [6.07, 6.45) is 0. The SMILES string of the molecule is Cc1ccc(-c2nnn(CC(=O)N(c3ccc4c(c3)OCCO4)C(C(=O)NC(C)(C)C)c3cccs3)n2)o1. The van der Waals surface area contributed by atoms with Crippen LogP contribution < -0.4 is 19.7 Å². The lowest BCUT2D eigenvalue weighted by Crippen LogP contribution is -2.50. The van der Waals surface area contributed by atoms with Crippen molar-refractivity contribution in [1.82, 2.24) is 25.5 Å². The minimum absolute atomic E-state index is 0.258. The molecule has 1 unspecified atom stereocenters. The lowest BCUT2D eigenvalue weighted by atomic mass is 10.1. The highest BCUT2D eigenvalue weighted by Crippen LogP contribution is 2.38. The molecule has 2 amide bonds. The monoisotopic (exact) mass is 536 g/mol. The Morgan fingerprint density at radius 1 is 1.13 bits per heavy atom. The molecule has 0 radical (unpaired) electrons. The molecule has 1 aliphatic rings. The highest BCUT2D eigenvalue weighted by Gasteiger charge is 2.36. The van der Waals surface area contributed by atoms with Crippen molar-refractivity contribution in [3.63, 3.8) is 0 Å². The average molecular weight is 537 g/mol. The second kappa shape index (κ2) is 10.3. The number of furan rings is 1. The van der Waals surface area contributed by atoms with Crippen molar-refractivity contribution >= 4 is 28.8 Å². The van der Waals surface area contributed by atoms with Gasteiger partial charge in [0.1, 0.15) is 31.6 Å². The van der Waals surface area contributed by atoms with Crippen LogP contribution in [0.5, 0.6) is 11.5 Å². The first-order valence-corrected chi connectivity index (χ1v) is 13.0. The van der Waals surface area contributed by atoms with Gasteiger partial charge in [-0.25, -0.2) is 0 Å². The lowest BCUT2D eigenvalue weighted by Gasteiger charge is -2.33. The molecule has 1 aliphatic heterocycles. The summed E-state index contributed by atoms with van der Waals surface area (Å²) < 4.78 is 17.0. The zero-order chi connectivity index (χ0) is 26.9. The molecule has 4 aromatic rings. The molecular weight excluding hydrogens is 508 g/mol. The summed E-state index contributed by atoms with van der Waals surface area (Å²) in [6, 6.07) is 11.5. The summed E-state index contributed by atoms with van der Waals surface area (Å²) in [5.74, 6) is 1.77. The van der Waals surface area contributed by atoms with Crippen LogP contribution in [0.1, 0.15) is 37.5 Å². The van der Waals surface area contributed by atoms with Crippen LogP contribution in [0.4, 0.5) is 5.69 Å². The van der Waals surface area contributed by atoms with E-state index in [0.717, 1.165) is 0 Å². The van der Waals surface area contributed by atoms with Crippen molar-refractivity contribution in [2.24, 2.45) is 0 Å². The van der Waals surface area contributed by atoms with E-state index in [4.69, 9.17) is 13.9 Å². The maximum absolute atomic E-state index is 14.0.